The molecule has 5 nitrogen and oxygen atoms in total. The van der Waals surface area contributed by atoms with Crippen molar-refractivity contribution in [3.05, 3.63) is 0 Å². The number of halogens is 6. The molecular weight excluding hydrogens is 303 g/mol. The van der Waals surface area contributed by atoms with E-state index in [9.17, 15) is 43.2 Å². The van der Waals surface area contributed by atoms with Crippen molar-refractivity contribution in [2.75, 3.05) is 0 Å². The van der Waals surface area contributed by atoms with Crippen molar-refractivity contribution in [3.8, 4) is 0 Å². The SMILES string of the molecule is O=S(=O)([N]S(=O)(=O)C(F)(F)F)C(F)(F)F.[Na+]. The van der Waals surface area contributed by atoms with Gasteiger partial charge in [-0.15, -0.1) is 0 Å². The molecule has 1 radical (unpaired) electrons. The van der Waals surface area contributed by atoms with Gasteiger partial charge in [-0.05, 0) is 0 Å². The van der Waals surface area contributed by atoms with Crippen molar-refractivity contribution in [2.24, 2.45) is 0 Å². The molecule has 0 saturated heterocycles. The second kappa shape index (κ2) is 4.97. The molecule has 0 N–H and O–H groups in total. The van der Waals surface area contributed by atoms with Gasteiger partial charge in [0.2, 0.25) is 0 Å². The molecule has 0 aliphatic carbocycles. The molecule has 91 valence electrons. The maximum absolute atomic E-state index is 11.4. The minimum Gasteiger partial charge on any atom is -0.200 e. The van der Waals surface area contributed by atoms with E-state index >= 15 is 0 Å². The third-order valence-corrected chi connectivity index (χ3v) is 3.52. The van der Waals surface area contributed by atoms with Crippen molar-refractivity contribution >= 4 is 20.0 Å². The summed E-state index contributed by atoms with van der Waals surface area (Å²) in [7, 11) is -13.4. The largest absolute Gasteiger partial charge is 1.00 e. The second-order valence-corrected chi connectivity index (χ2v) is 5.34. The number of sulfonamides is 2. The predicted octanol–water partition coefficient (Wildman–Crippen LogP) is -2.71. The monoisotopic (exact) mass is 303 g/mol. The number of alkyl halides is 6. The Morgan fingerprint density at radius 2 is 0.875 bits per heavy atom. The molecule has 0 rings (SSSR count). The average Bonchev–Trinajstić information content (AvgIpc) is 1.77. The molecule has 0 aromatic rings. The quantitative estimate of drug-likeness (QED) is 0.410. The molecule has 0 fully saturated rings. The van der Waals surface area contributed by atoms with Crippen molar-refractivity contribution in [3.63, 3.8) is 0 Å². The fourth-order valence-corrected chi connectivity index (χ4v) is 1.92. The summed E-state index contributed by atoms with van der Waals surface area (Å²) >= 11 is 0. The first kappa shape index (κ1) is 18.8. The first-order chi connectivity index (χ1) is 6.21. The first-order valence-corrected chi connectivity index (χ1v) is 5.45. The van der Waals surface area contributed by atoms with Gasteiger partial charge < -0.3 is 0 Å². The van der Waals surface area contributed by atoms with E-state index in [0.717, 1.165) is 4.13 Å². The van der Waals surface area contributed by atoms with E-state index in [1.54, 1.807) is 0 Å². The van der Waals surface area contributed by atoms with Gasteiger partial charge >= 0.3 is 60.6 Å². The van der Waals surface area contributed by atoms with Crippen molar-refractivity contribution in [1.82, 2.24) is 4.13 Å². The second-order valence-electron chi connectivity index (χ2n) is 1.92. The maximum Gasteiger partial charge on any atom is 1.00 e. The van der Waals surface area contributed by atoms with Crippen LogP contribution in [0.3, 0.4) is 0 Å². The van der Waals surface area contributed by atoms with Crippen LogP contribution in [0, 0.1) is 0 Å². The third-order valence-electron chi connectivity index (χ3n) is 0.781. The minimum atomic E-state index is -6.72. The molecule has 14 heteroatoms. The normalized spacial score (nSPS) is 14.4. The van der Waals surface area contributed by atoms with Crippen molar-refractivity contribution < 1.29 is 72.7 Å². The molecular formula is C2F6NNaO4S2+. The molecule has 0 spiro atoms. The number of hydrogen-bond donors (Lipinski definition) is 0. The van der Waals surface area contributed by atoms with Crippen LogP contribution in [0.4, 0.5) is 26.3 Å². The van der Waals surface area contributed by atoms with Gasteiger partial charge in [0.25, 0.3) is 0 Å². The van der Waals surface area contributed by atoms with Gasteiger partial charge in [-0.1, -0.05) is 0 Å². The topological polar surface area (TPSA) is 82.4 Å². The van der Waals surface area contributed by atoms with Gasteiger partial charge in [0.05, 0.1) is 0 Å². The van der Waals surface area contributed by atoms with Gasteiger partial charge in [0.1, 0.15) is 0 Å². The van der Waals surface area contributed by atoms with Gasteiger partial charge in [-0.3, -0.25) is 0 Å². The van der Waals surface area contributed by atoms with Gasteiger partial charge in [0.15, 0.2) is 0 Å². The van der Waals surface area contributed by atoms with Crippen LogP contribution in [0.15, 0.2) is 0 Å². The summed E-state index contributed by atoms with van der Waals surface area (Å²) in [5.41, 5.74) is -12.4. The summed E-state index contributed by atoms with van der Waals surface area (Å²) in [4.78, 5) is 0. The molecule has 0 amide bonds. The Balaban J connectivity index is 0. The Labute approximate surface area is 108 Å². The van der Waals surface area contributed by atoms with Crippen LogP contribution in [0.1, 0.15) is 0 Å². The molecule has 0 aromatic heterocycles. The Morgan fingerprint density at radius 1 is 0.688 bits per heavy atom. The van der Waals surface area contributed by atoms with E-state index in [0.29, 0.717) is 0 Å². The standard InChI is InChI=1S/C2F6NO4S2.Na/c3-1(4,5)14(10,11)9-15(12,13)2(6,7)8;/q;+1. The van der Waals surface area contributed by atoms with Crippen LogP contribution in [0.5, 0.6) is 0 Å². The summed E-state index contributed by atoms with van der Waals surface area (Å²) in [5, 5.41) is 0. The van der Waals surface area contributed by atoms with Gasteiger partial charge in [-0.25, -0.2) is 16.8 Å². The third kappa shape index (κ3) is 4.37. The fraction of sp³-hybridized carbons (Fsp3) is 1.00. The number of hydrogen-bond acceptors (Lipinski definition) is 4. The molecule has 0 unspecified atom stereocenters. The molecule has 0 aliphatic heterocycles. The van der Waals surface area contributed by atoms with Crippen molar-refractivity contribution in [1.29, 1.82) is 0 Å². The molecule has 0 aliphatic rings. The zero-order valence-corrected chi connectivity index (χ0v) is 10.8. The predicted molar refractivity (Wildman–Crippen MR) is 32.1 cm³/mol. The summed E-state index contributed by atoms with van der Waals surface area (Å²) in [6.07, 6.45) is 0. The Bertz CT molecular complexity index is 390. The van der Waals surface area contributed by atoms with Crippen LogP contribution in [-0.4, -0.2) is 27.9 Å². The van der Waals surface area contributed by atoms with E-state index in [2.05, 4.69) is 0 Å². The van der Waals surface area contributed by atoms with Crippen LogP contribution < -0.4 is 33.7 Å². The number of nitrogens with zero attached hydrogens (tertiary/aromatic N) is 1. The van der Waals surface area contributed by atoms with Crippen molar-refractivity contribution in [2.45, 2.75) is 11.0 Å². The average molecular weight is 303 g/mol. The Kier molecular flexibility index (Phi) is 5.84. The van der Waals surface area contributed by atoms with Crippen LogP contribution in [-0.2, 0) is 20.0 Å². The summed E-state index contributed by atoms with van der Waals surface area (Å²) in [5.74, 6) is 0. The van der Waals surface area contributed by atoms with Gasteiger partial charge in [-0.2, -0.15) is 26.3 Å². The Hall–Kier alpha value is 0.440. The van der Waals surface area contributed by atoms with E-state index in [1.807, 2.05) is 0 Å². The van der Waals surface area contributed by atoms with Crippen LogP contribution in [0.25, 0.3) is 0 Å². The maximum atomic E-state index is 11.4. The van der Waals surface area contributed by atoms with E-state index in [4.69, 9.17) is 0 Å². The van der Waals surface area contributed by atoms with E-state index < -0.39 is 31.1 Å². The molecule has 0 heterocycles. The molecule has 16 heavy (non-hydrogen) atoms. The zero-order valence-electron chi connectivity index (χ0n) is 7.16. The first-order valence-electron chi connectivity index (χ1n) is 2.57. The van der Waals surface area contributed by atoms with Crippen LogP contribution in [0.2, 0.25) is 0 Å². The summed E-state index contributed by atoms with van der Waals surface area (Å²) < 4.78 is 109. The summed E-state index contributed by atoms with van der Waals surface area (Å²) in [6, 6.07) is 0. The molecule has 0 aromatic carbocycles. The van der Waals surface area contributed by atoms with E-state index in [1.165, 1.54) is 0 Å². The summed E-state index contributed by atoms with van der Waals surface area (Å²) in [6.45, 7) is 0. The number of rotatable bonds is 2. The fourth-order valence-electron chi connectivity index (χ4n) is 0.214. The molecule has 0 bridgehead atoms. The Morgan fingerprint density at radius 3 is 1.00 bits per heavy atom. The van der Waals surface area contributed by atoms with Gasteiger partial charge in [0, 0.05) is 4.13 Å². The smallest absolute Gasteiger partial charge is 0.200 e. The molecule has 0 saturated carbocycles. The van der Waals surface area contributed by atoms with Crippen LogP contribution >= 0.6 is 0 Å². The zero-order chi connectivity index (χ0) is 12.7. The van der Waals surface area contributed by atoms with E-state index in [-0.39, 0.29) is 29.6 Å². The molecule has 0 atom stereocenters. The minimum absolute atomic E-state index is 0.